The normalized spacial score (nSPS) is 17.2. The zero-order valence-corrected chi connectivity index (χ0v) is 14.8. The molecule has 0 saturated heterocycles. The number of aromatic nitrogens is 2. The maximum absolute atomic E-state index is 4.21. The van der Waals surface area contributed by atoms with E-state index in [0.29, 0.717) is 6.04 Å². The first-order valence-corrected chi connectivity index (χ1v) is 9.31. The Morgan fingerprint density at radius 1 is 1.24 bits per heavy atom. The maximum atomic E-state index is 4.21. The first-order valence-electron chi connectivity index (χ1n) is 9.31. The van der Waals surface area contributed by atoms with E-state index in [1.807, 2.05) is 18.5 Å². The molecular formula is C22H25N3. The van der Waals surface area contributed by atoms with Gasteiger partial charge in [-0.15, -0.1) is 0 Å². The van der Waals surface area contributed by atoms with Gasteiger partial charge in [-0.25, -0.2) is 0 Å². The summed E-state index contributed by atoms with van der Waals surface area (Å²) in [7, 11) is 0. The van der Waals surface area contributed by atoms with Gasteiger partial charge in [-0.2, -0.15) is 0 Å². The minimum Gasteiger partial charge on any atom is -0.320 e. The Labute approximate surface area is 149 Å². The van der Waals surface area contributed by atoms with Crippen LogP contribution in [0.25, 0.3) is 23.2 Å². The van der Waals surface area contributed by atoms with E-state index in [-0.39, 0.29) is 0 Å². The van der Waals surface area contributed by atoms with Gasteiger partial charge in [0.05, 0.1) is 5.52 Å². The quantitative estimate of drug-likeness (QED) is 0.710. The van der Waals surface area contributed by atoms with E-state index in [9.17, 15) is 0 Å². The molecule has 1 aromatic carbocycles. The Bertz CT molecular complexity index is 877. The molecule has 25 heavy (non-hydrogen) atoms. The maximum Gasteiger partial charge on any atom is 0.0528 e. The molecule has 3 heterocycles. The average molecular weight is 331 g/mol. The summed E-state index contributed by atoms with van der Waals surface area (Å²) in [5.41, 5.74) is 5.40. The number of fused-ring (bicyclic) bond motifs is 3. The molecule has 128 valence electrons. The van der Waals surface area contributed by atoms with Gasteiger partial charge in [0, 0.05) is 48.7 Å². The van der Waals surface area contributed by atoms with Gasteiger partial charge in [-0.05, 0) is 35.8 Å². The van der Waals surface area contributed by atoms with Crippen LogP contribution in [0.2, 0.25) is 0 Å². The van der Waals surface area contributed by atoms with Crippen molar-refractivity contribution in [3.8, 4) is 0 Å². The van der Waals surface area contributed by atoms with E-state index in [0.717, 1.165) is 18.5 Å². The molecular weight excluding hydrogens is 306 g/mol. The number of unbranched alkanes of at least 4 members (excludes halogenated alkanes) is 1. The van der Waals surface area contributed by atoms with Gasteiger partial charge in [0.1, 0.15) is 0 Å². The smallest absolute Gasteiger partial charge is 0.0528 e. The van der Waals surface area contributed by atoms with Gasteiger partial charge in [-0.3, -0.25) is 4.98 Å². The molecule has 0 saturated carbocycles. The summed E-state index contributed by atoms with van der Waals surface area (Å²) in [4.78, 5) is 4.21. The van der Waals surface area contributed by atoms with Crippen LogP contribution >= 0.6 is 0 Å². The summed E-state index contributed by atoms with van der Waals surface area (Å²) < 4.78 is 2.39. The Morgan fingerprint density at radius 3 is 3.00 bits per heavy atom. The van der Waals surface area contributed by atoms with Crippen molar-refractivity contribution in [2.45, 2.75) is 38.6 Å². The zero-order chi connectivity index (χ0) is 17.1. The van der Waals surface area contributed by atoms with Crippen molar-refractivity contribution < 1.29 is 0 Å². The molecule has 2 aromatic heterocycles. The number of nitrogens with one attached hydrogen (secondary N) is 1. The second kappa shape index (κ2) is 7.24. The summed E-state index contributed by atoms with van der Waals surface area (Å²) in [6.45, 7) is 3.32. The zero-order valence-electron chi connectivity index (χ0n) is 14.8. The van der Waals surface area contributed by atoms with Crippen molar-refractivity contribution in [3.63, 3.8) is 0 Å². The van der Waals surface area contributed by atoms with Crippen molar-refractivity contribution in [1.29, 1.82) is 0 Å². The van der Waals surface area contributed by atoms with E-state index < -0.39 is 0 Å². The van der Waals surface area contributed by atoms with Crippen molar-refractivity contribution in [3.05, 3.63) is 65.6 Å². The molecule has 1 N–H and O–H groups in total. The standard InChI is InChI=1S/C22H25N3/c1-2-3-9-19-22-18-8-4-5-10-20(18)25(21(22)11-14-24-19)15-12-17-7-6-13-23-16-17/h4-8,10,12-13,15-16,19,24H,2-3,9,11,14H2,1H3. The van der Waals surface area contributed by atoms with Crippen LogP contribution in [0.4, 0.5) is 0 Å². The third kappa shape index (κ3) is 3.12. The fourth-order valence-electron chi connectivity index (χ4n) is 3.91. The number of nitrogens with zero attached hydrogens (tertiary/aromatic N) is 2. The van der Waals surface area contributed by atoms with E-state index in [2.05, 4.69) is 64.4 Å². The summed E-state index contributed by atoms with van der Waals surface area (Å²) in [5.74, 6) is 0. The lowest BCUT2D eigenvalue weighted by Crippen LogP contribution is -2.30. The summed E-state index contributed by atoms with van der Waals surface area (Å²) in [6, 6.07) is 13.3. The van der Waals surface area contributed by atoms with Crippen LogP contribution in [0.1, 0.15) is 49.0 Å². The lowest BCUT2D eigenvalue weighted by molar-refractivity contribution is 0.459. The predicted molar refractivity (Wildman–Crippen MR) is 105 cm³/mol. The van der Waals surface area contributed by atoms with Crippen LogP contribution in [0, 0.1) is 0 Å². The van der Waals surface area contributed by atoms with E-state index in [4.69, 9.17) is 0 Å². The van der Waals surface area contributed by atoms with Crippen LogP contribution < -0.4 is 5.32 Å². The van der Waals surface area contributed by atoms with Crippen molar-refractivity contribution in [2.75, 3.05) is 6.54 Å². The van der Waals surface area contributed by atoms with Crippen LogP contribution in [0.15, 0.2) is 48.8 Å². The SMILES string of the molecule is CCCCC1NCCc2c1c1ccccc1n2C=Cc1cccnc1. The van der Waals surface area contributed by atoms with E-state index in [1.54, 1.807) is 0 Å². The third-order valence-electron chi connectivity index (χ3n) is 5.10. The highest BCUT2D eigenvalue weighted by Gasteiger charge is 2.25. The lowest BCUT2D eigenvalue weighted by Gasteiger charge is -2.25. The van der Waals surface area contributed by atoms with E-state index >= 15 is 0 Å². The molecule has 4 rings (SSSR count). The molecule has 1 aliphatic rings. The molecule has 3 aromatic rings. The minimum atomic E-state index is 0.474. The first-order chi connectivity index (χ1) is 12.4. The fraction of sp³-hybridized carbons (Fsp3) is 0.318. The largest absolute Gasteiger partial charge is 0.320 e. The first kappa shape index (κ1) is 16.1. The Kier molecular flexibility index (Phi) is 4.66. The van der Waals surface area contributed by atoms with Gasteiger partial charge >= 0.3 is 0 Å². The highest BCUT2D eigenvalue weighted by molar-refractivity contribution is 5.89. The number of para-hydroxylation sites is 1. The molecule has 3 nitrogen and oxygen atoms in total. The van der Waals surface area contributed by atoms with Crippen LogP contribution in [0.3, 0.4) is 0 Å². The van der Waals surface area contributed by atoms with Gasteiger partial charge in [0.2, 0.25) is 0 Å². The molecule has 0 aliphatic carbocycles. The highest BCUT2D eigenvalue weighted by Crippen LogP contribution is 2.36. The Hall–Kier alpha value is -2.39. The van der Waals surface area contributed by atoms with Gasteiger partial charge in [0.25, 0.3) is 0 Å². The number of rotatable bonds is 5. The average Bonchev–Trinajstić information content (AvgIpc) is 3.00. The summed E-state index contributed by atoms with van der Waals surface area (Å²) in [6.07, 6.45) is 12.9. The summed E-state index contributed by atoms with van der Waals surface area (Å²) >= 11 is 0. The predicted octanol–water partition coefficient (Wildman–Crippen LogP) is 5.04. The molecule has 0 fully saturated rings. The number of hydrogen-bond donors (Lipinski definition) is 1. The molecule has 0 amide bonds. The molecule has 0 spiro atoms. The number of pyridine rings is 1. The molecule has 1 aliphatic heterocycles. The third-order valence-corrected chi connectivity index (χ3v) is 5.10. The molecule has 0 bridgehead atoms. The number of hydrogen-bond acceptors (Lipinski definition) is 2. The van der Waals surface area contributed by atoms with Crippen molar-refractivity contribution in [2.24, 2.45) is 0 Å². The fourth-order valence-corrected chi connectivity index (χ4v) is 3.91. The van der Waals surface area contributed by atoms with Crippen LogP contribution in [-0.4, -0.2) is 16.1 Å². The van der Waals surface area contributed by atoms with Gasteiger partial charge < -0.3 is 9.88 Å². The molecule has 0 radical (unpaired) electrons. The lowest BCUT2D eigenvalue weighted by atomic mass is 9.94. The Morgan fingerprint density at radius 2 is 2.16 bits per heavy atom. The van der Waals surface area contributed by atoms with Crippen molar-refractivity contribution in [1.82, 2.24) is 14.9 Å². The number of benzene rings is 1. The Balaban J connectivity index is 1.81. The van der Waals surface area contributed by atoms with Crippen LogP contribution in [-0.2, 0) is 6.42 Å². The highest BCUT2D eigenvalue weighted by atomic mass is 15.0. The topological polar surface area (TPSA) is 29.9 Å². The second-order valence-electron chi connectivity index (χ2n) is 6.75. The minimum absolute atomic E-state index is 0.474. The molecule has 1 atom stereocenters. The molecule has 1 unspecified atom stereocenters. The van der Waals surface area contributed by atoms with Crippen molar-refractivity contribution >= 4 is 23.2 Å². The second-order valence-corrected chi connectivity index (χ2v) is 6.75. The monoisotopic (exact) mass is 331 g/mol. The van der Waals surface area contributed by atoms with Gasteiger partial charge in [-0.1, -0.05) is 44.0 Å². The summed E-state index contributed by atoms with van der Waals surface area (Å²) in [5, 5.41) is 5.13. The van der Waals surface area contributed by atoms with Crippen LogP contribution in [0.5, 0.6) is 0 Å². The van der Waals surface area contributed by atoms with E-state index in [1.165, 1.54) is 41.4 Å². The molecule has 3 heteroatoms. The van der Waals surface area contributed by atoms with Gasteiger partial charge in [0.15, 0.2) is 0 Å².